The molecule has 2 rings (SSSR count). The highest BCUT2D eigenvalue weighted by Gasteiger charge is 2.33. The monoisotopic (exact) mass is 332 g/mol. The van der Waals surface area contributed by atoms with Crippen molar-refractivity contribution in [2.24, 2.45) is 0 Å². The van der Waals surface area contributed by atoms with Crippen LogP contribution in [0.2, 0.25) is 0 Å². The second kappa shape index (κ2) is 5.72. The van der Waals surface area contributed by atoms with Gasteiger partial charge in [-0.3, -0.25) is 4.79 Å². The molecule has 0 spiro atoms. The minimum absolute atomic E-state index is 0.0160. The number of aromatic nitrogens is 1. The lowest BCUT2D eigenvalue weighted by Gasteiger charge is -2.22. The van der Waals surface area contributed by atoms with E-state index in [2.05, 4.69) is 9.72 Å². The summed E-state index contributed by atoms with van der Waals surface area (Å²) in [6.07, 6.45) is 0.515. The first-order valence-corrected chi connectivity index (χ1v) is 8.92. The van der Waals surface area contributed by atoms with Gasteiger partial charge >= 0.3 is 5.97 Å². The van der Waals surface area contributed by atoms with Gasteiger partial charge in [0, 0.05) is 20.0 Å². The largest absolute Gasteiger partial charge is 0.464 e. The fraction of sp³-hybridized carbons (Fsp3) is 0.583. The molecule has 7 nitrogen and oxygen atoms in total. The maximum Gasteiger partial charge on any atom is 0.358 e. The number of hydrogen-bond acceptors (Lipinski definition) is 8. The smallest absolute Gasteiger partial charge is 0.358 e. The van der Waals surface area contributed by atoms with Gasteiger partial charge in [0.2, 0.25) is 0 Å². The molecule has 0 saturated carbocycles. The summed E-state index contributed by atoms with van der Waals surface area (Å²) >= 11 is 1.08. The second-order valence-electron chi connectivity index (χ2n) is 4.89. The van der Waals surface area contributed by atoms with Gasteiger partial charge in [-0.25, -0.2) is 18.2 Å². The van der Waals surface area contributed by atoms with Crippen molar-refractivity contribution in [3.63, 3.8) is 0 Å². The Bertz CT molecular complexity index is 680. The van der Waals surface area contributed by atoms with Crippen LogP contribution in [-0.4, -0.2) is 56.9 Å². The molecule has 1 aromatic rings. The van der Waals surface area contributed by atoms with E-state index in [4.69, 9.17) is 0 Å². The van der Waals surface area contributed by atoms with Gasteiger partial charge in [-0.2, -0.15) is 0 Å². The van der Waals surface area contributed by atoms with Crippen molar-refractivity contribution < 1.29 is 22.7 Å². The van der Waals surface area contributed by atoms with E-state index in [0.29, 0.717) is 11.6 Å². The Morgan fingerprint density at radius 3 is 2.57 bits per heavy atom. The molecule has 0 radical (unpaired) electrons. The number of esters is 1. The second-order valence-corrected chi connectivity index (χ2v) is 8.10. The van der Waals surface area contributed by atoms with Crippen LogP contribution in [0, 0.1) is 0 Å². The van der Waals surface area contributed by atoms with Gasteiger partial charge in [-0.05, 0) is 6.42 Å². The predicted molar refractivity (Wildman–Crippen MR) is 78.9 cm³/mol. The van der Waals surface area contributed by atoms with Crippen LogP contribution in [0.3, 0.4) is 0 Å². The van der Waals surface area contributed by atoms with Gasteiger partial charge in [0.15, 0.2) is 26.4 Å². The maximum absolute atomic E-state index is 11.7. The molecule has 21 heavy (non-hydrogen) atoms. The summed E-state index contributed by atoms with van der Waals surface area (Å²) in [4.78, 5) is 29.3. The Labute approximate surface area is 126 Å². The number of methoxy groups -OCH3 is 1. The fourth-order valence-corrected chi connectivity index (χ4v) is 4.93. The van der Waals surface area contributed by atoms with Crippen molar-refractivity contribution in [1.82, 2.24) is 4.98 Å². The van der Waals surface area contributed by atoms with Crippen molar-refractivity contribution in [3.8, 4) is 0 Å². The van der Waals surface area contributed by atoms with Gasteiger partial charge < -0.3 is 9.64 Å². The number of carbonyl (C=O) groups excluding carboxylic acids is 2. The molecular formula is C12H16N2O5S2. The van der Waals surface area contributed by atoms with Crippen molar-refractivity contribution in [1.29, 1.82) is 0 Å². The number of ketones is 1. The molecule has 1 unspecified atom stereocenters. The molecule has 1 aliphatic rings. The van der Waals surface area contributed by atoms with E-state index in [0.717, 1.165) is 11.3 Å². The first-order chi connectivity index (χ1) is 9.75. The summed E-state index contributed by atoms with van der Waals surface area (Å²) in [5.41, 5.74) is -0.0160. The van der Waals surface area contributed by atoms with Crippen molar-refractivity contribution in [2.75, 3.05) is 30.6 Å². The number of carbonyl (C=O) groups is 2. The van der Waals surface area contributed by atoms with Crippen LogP contribution in [0.4, 0.5) is 5.13 Å². The topological polar surface area (TPSA) is 93.6 Å². The molecule has 1 aliphatic heterocycles. The van der Waals surface area contributed by atoms with Gasteiger partial charge in [-0.1, -0.05) is 11.3 Å². The Kier molecular flexibility index (Phi) is 4.33. The minimum atomic E-state index is -3.01. The van der Waals surface area contributed by atoms with E-state index < -0.39 is 15.8 Å². The number of anilines is 1. The zero-order valence-electron chi connectivity index (χ0n) is 12.0. The number of sulfone groups is 1. The van der Waals surface area contributed by atoms with Crippen molar-refractivity contribution >= 4 is 38.1 Å². The lowest BCUT2D eigenvalue weighted by molar-refractivity contribution is 0.0591. The van der Waals surface area contributed by atoms with E-state index in [1.54, 1.807) is 11.9 Å². The van der Waals surface area contributed by atoms with Crippen molar-refractivity contribution in [2.45, 2.75) is 19.4 Å². The number of Topliss-reactive ketones (excluding diaryl/α,β-unsaturated/α-hetero) is 1. The number of ether oxygens (including phenoxy) is 1. The molecule has 0 aliphatic carbocycles. The third-order valence-electron chi connectivity index (χ3n) is 3.37. The third kappa shape index (κ3) is 3.24. The molecule has 1 atom stereocenters. The summed E-state index contributed by atoms with van der Waals surface area (Å²) in [5, 5.41) is 0.447. The molecule has 9 heteroatoms. The Hall–Kier alpha value is -1.48. The van der Waals surface area contributed by atoms with Crippen LogP contribution in [0.25, 0.3) is 0 Å². The number of rotatable bonds is 4. The molecular weight excluding hydrogens is 316 g/mol. The summed E-state index contributed by atoms with van der Waals surface area (Å²) in [7, 11) is -0.0742. The van der Waals surface area contributed by atoms with Crippen LogP contribution in [0.1, 0.15) is 33.5 Å². The lowest BCUT2D eigenvalue weighted by Crippen LogP contribution is -2.32. The SMILES string of the molecule is COC(=O)c1nc(N(C)C2CCS(=O)(=O)C2)sc1C(C)=O. The number of nitrogens with zero attached hydrogens (tertiary/aromatic N) is 2. The highest BCUT2D eigenvalue weighted by Crippen LogP contribution is 2.30. The lowest BCUT2D eigenvalue weighted by atomic mass is 10.2. The van der Waals surface area contributed by atoms with E-state index in [-0.39, 0.29) is 33.9 Å². The molecule has 2 heterocycles. The Morgan fingerprint density at radius 1 is 1.43 bits per heavy atom. The minimum Gasteiger partial charge on any atom is -0.464 e. The molecule has 1 saturated heterocycles. The standard InChI is InChI=1S/C12H16N2O5S2/c1-7(15)10-9(11(16)19-3)13-12(20-10)14(2)8-4-5-21(17,18)6-8/h8H,4-6H2,1-3H3. The summed E-state index contributed by atoms with van der Waals surface area (Å²) in [5.74, 6) is -0.732. The molecule has 1 aromatic heterocycles. The number of thiazole rings is 1. The molecule has 116 valence electrons. The zero-order chi connectivity index (χ0) is 15.8. The van der Waals surface area contributed by atoms with Gasteiger partial charge in [0.05, 0.1) is 18.6 Å². The van der Waals surface area contributed by atoms with Gasteiger partial charge in [0.1, 0.15) is 4.88 Å². The van der Waals surface area contributed by atoms with Gasteiger partial charge in [0.25, 0.3) is 0 Å². The average molecular weight is 332 g/mol. The Morgan fingerprint density at radius 2 is 2.10 bits per heavy atom. The van der Waals surface area contributed by atoms with Crippen molar-refractivity contribution in [3.05, 3.63) is 10.6 Å². The van der Waals surface area contributed by atoms with E-state index >= 15 is 0 Å². The predicted octanol–water partition coefficient (Wildman–Crippen LogP) is 0.756. The van der Waals surface area contributed by atoms with E-state index in [9.17, 15) is 18.0 Å². The number of hydrogen-bond donors (Lipinski definition) is 0. The van der Waals surface area contributed by atoms with E-state index in [1.165, 1.54) is 14.0 Å². The normalized spacial score (nSPS) is 20.2. The molecule has 0 bridgehead atoms. The van der Waals surface area contributed by atoms with Crippen LogP contribution in [0.15, 0.2) is 0 Å². The first kappa shape index (κ1) is 15.9. The molecule has 0 N–H and O–H groups in total. The first-order valence-electron chi connectivity index (χ1n) is 6.28. The Balaban J connectivity index is 2.32. The van der Waals surface area contributed by atoms with E-state index in [1.807, 2.05) is 0 Å². The quantitative estimate of drug-likeness (QED) is 0.593. The van der Waals surface area contributed by atoms with Crippen LogP contribution >= 0.6 is 11.3 Å². The molecule has 0 amide bonds. The maximum atomic E-state index is 11.7. The van der Waals surface area contributed by atoms with Crippen LogP contribution in [-0.2, 0) is 14.6 Å². The zero-order valence-corrected chi connectivity index (χ0v) is 13.6. The average Bonchev–Trinajstić information content (AvgIpc) is 3.00. The highest BCUT2D eigenvalue weighted by molar-refractivity contribution is 7.91. The third-order valence-corrected chi connectivity index (χ3v) is 6.37. The summed E-state index contributed by atoms with van der Waals surface area (Å²) in [6.45, 7) is 1.35. The summed E-state index contributed by atoms with van der Waals surface area (Å²) < 4.78 is 27.7. The van der Waals surface area contributed by atoms with Gasteiger partial charge in [-0.15, -0.1) is 0 Å². The molecule has 0 aromatic carbocycles. The fourth-order valence-electron chi connectivity index (χ4n) is 2.17. The molecule has 1 fully saturated rings. The van der Waals surface area contributed by atoms with Crippen LogP contribution in [0.5, 0.6) is 0 Å². The highest BCUT2D eigenvalue weighted by atomic mass is 32.2. The van der Waals surface area contributed by atoms with Crippen LogP contribution < -0.4 is 4.90 Å². The summed E-state index contributed by atoms with van der Waals surface area (Å²) in [6, 6.07) is -0.188.